The van der Waals surface area contributed by atoms with Crippen molar-refractivity contribution >= 4 is 5.69 Å². The van der Waals surface area contributed by atoms with Gasteiger partial charge in [-0.3, -0.25) is 4.98 Å². The van der Waals surface area contributed by atoms with Crippen LogP contribution in [0.1, 0.15) is 11.3 Å². The smallest absolute Gasteiger partial charge is 0.127 e. The maximum Gasteiger partial charge on any atom is 0.127 e. The van der Waals surface area contributed by atoms with Crippen LogP contribution in [-0.2, 0) is 6.54 Å². The number of phenolic OH excluding ortho intramolecular Hbond substituents is 1. The van der Waals surface area contributed by atoms with Crippen LogP contribution in [0.2, 0.25) is 0 Å². The molecule has 1 heterocycles. The molecule has 0 radical (unpaired) electrons. The van der Waals surface area contributed by atoms with Gasteiger partial charge in [-0.25, -0.2) is 4.39 Å². The Morgan fingerprint density at radius 3 is 2.88 bits per heavy atom. The van der Waals surface area contributed by atoms with E-state index in [0.717, 1.165) is 17.4 Å². The van der Waals surface area contributed by atoms with Gasteiger partial charge in [-0.05, 0) is 36.8 Å². The largest absolute Gasteiger partial charge is 0.508 e. The molecule has 0 saturated carbocycles. The van der Waals surface area contributed by atoms with E-state index in [4.69, 9.17) is 0 Å². The molecule has 0 aliphatic carbocycles. The lowest BCUT2D eigenvalue weighted by Gasteiger charge is -2.08. The number of nitrogens with zero attached hydrogens (tertiary/aromatic N) is 1. The zero-order chi connectivity index (χ0) is 12.3. The first kappa shape index (κ1) is 11.4. The predicted molar refractivity (Wildman–Crippen MR) is 64.4 cm³/mol. The third-order valence-corrected chi connectivity index (χ3v) is 2.43. The van der Waals surface area contributed by atoms with E-state index in [-0.39, 0.29) is 5.75 Å². The van der Waals surface area contributed by atoms with Crippen LogP contribution in [0.5, 0.6) is 5.75 Å². The van der Waals surface area contributed by atoms with Gasteiger partial charge in [-0.2, -0.15) is 0 Å². The number of pyridine rings is 1. The van der Waals surface area contributed by atoms with Gasteiger partial charge in [-0.15, -0.1) is 0 Å². The molecular formula is C13H13FN2O. The third-order valence-electron chi connectivity index (χ3n) is 2.43. The number of hydrogen-bond acceptors (Lipinski definition) is 3. The Kier molecular flexibility index (Phi) is 3.23. The Morgan fingerprint density at radius 1 is 1.35 bits per heavy atom. The zero-order valence-corrected chi connectivity index (χ0v) is 9.44. The first-order valence-electron chi connectivity index (χ1n) is 5.29. The number of rotatable bonds is 3. The molecule has 17 heavy (non-hydrogen) atoms. The molecule has 0 amide bonds. The zero-order valence-electron chi connectivity index (χ0n) is 9.44. The highest BCUT2D eigenvalue weighted by Crippen LogP contribution is 2.17. The lowest BCUT2D eigenvalue weighted by molar-refractivity contribution is 0.468. The lowest BCUT2D eigenvalue weighted by Crippen LogP contribution is -2.02. The van der Waals surface area contributed by atoms with Crippen molar-refractivity contribution in [2.45, 2.75) is 13.5 Å². The number of phenols is 1. The summed E-state index contributed by atoms with van der Waals surface area (Å²) in [4.78, 5) is 4.14. The summed E-state index contributed by atoms with van der Waals surface area (Å²) < 4.78 is 13.0. The quantitative estimate of drug-likeness (QED) is 0.855. The summed E-state index contributed by atoms with van der Waals surface area (Å²) in [7, 11) is 0. The number of nitrogens with one attached hydrogen (secondary N) is 1. The molecule has 0 aliphatic heterocycles. The van der Waals surface area contributed by atoms with Crippen molar-refractivity contribution in [3.8, 4) is 5.75 Å². The molecule has 3 nitrogen and oxygen atoms in total. The van der Waals surface area contributed by atoms with Crippen molar-refractivity contribution in [1.82, 2.24) is 4.98 Å². The van der Waals surface area contributed by atoms with E-state index >= 15 is 0 Å². The Labute approximate surface area is 98.9 Å². The van der Waals surface area contributed by atoms with Crippen molar-refractivity contribution in [2.24, 2.45) is 0 Å². The van der Waals surface area contributed by atoms with E-state index in [0.29, 0.717) is 12.1 Å². The molecule has 0 spiro atoms. The number of anilines is 1. The van der Waals surface area contributed by atoms with Gasteiger partial charge in [0, 0.05) is 18.8 Å². The molecule has 0 fully saturated rings. The second-order valence-corrected chi connectivity index (χ2v) is 3.81. The average molecular weight is 232 g/mol. The topological polar surface area (TPSA) is 45.2 Å². The van der Waals surface area contributed by atoms with Crippen LogP contribution in [0.4, 0.5) is 10.1 Å². The van der Waals surface area contributed by atoms with E-state index in [1.165, 1.54) is 12.1 Å². The predicted octanol–water partition coefficient (Wildman–Crippen LogP) is 2.85. The summed E-state index contributed by atoms with van der Waals surface area (Å²) in [5.74, 6) is -0.505. The molecular weight excluding hydrogens is 219 g/mol. The summed E-state index contributed by atoms with van der Waals surface area (Å²) in [6.07, 6.45) is 1.72. The molecule has 2 aromatic rings. The number of benzene rings is 1. The van der Waals surface area contributed by atoms with Crippen molar-refractivity contribution in [1.29, 1.82) is 0 Å². The van der Waals surface area contributed by atoms with E-state index in [1.54, 1.807) is 6.20 Å². The van der Waals surface area contributed by atoms with Crippen molar-refractivity contribution in [2.75, 3.05) is 5.32 Å². The minimum atomic E-state index is -0.440. The van der Waals surface area contributed by atoms with Crippen LogP contribution < -0.4 is 5.32 Å². The highest BCUT2D eigenvalue weighted by Gasteiger charge is 2.01. The number of halogens is 1. The molecule has 4 heteroatoms. The van der Waals surface area contributed by atoms with E-state index in [9.17, 15) is 9.50 Å². The van der Waals surface area contributed by atoms with Gasteiger partial charge in [0.1, 0.15) is 11.6 Å². The molecule has 0 bridgehead atoms. The minimum absolute atomic E-state index is 0.0651. The standard InChI is InChI=1S/C13H13FN2O/c1-9-13(3-2-4-15-9)16-8-10-5-11(14)7-12(17)6-10/h2-7,16-17H,8H2,1H3. The molecule has 88 valence electrons. The van der Waals surface area contributed by atoms with Crippen LogP contribution >= 0.6 is 0 Å². The Bertz CT molecular complexity index is 508. The molecule has 0 saturated heterocycles. The maximum absolute atomic E-state index is 13.0. The molecule has 0 unspecified atom stereocenters. The highest BCUT2D eigenvalue weighted by atomic mass is 19.1. The monoisotopic (exact) mass is 232 g/mol. The Hall–Kier alpha value is -2.10. The number of aromatic nitrogens is 1. The normalized spacial score (nSPS) is 10.2. The average Bonchev–Trinajstić information content (AvgIpc) is 2.27. The molecule has 1 aromatic carbocycles. The minimum Gasteiger partial charge on any atom is -0.508 e. The molecule has 0 aliphatic rings. The van der Waals surface area contributed by atoms with Gasteiger partial charge >= 0.3 is 0 Å². The summed E-state index contributed by atoms with van der Waals surface area (Å²) in [6.45, 7) is 2.34. The fraction of sp³-hybridized carbons (Fsp3) is 0.154. The summed E-state index contributed by atoms with van der Waals surface area (Å²) in [5.41, 5.74) is 2.47. The Morgan fingerprint density at radius 2 is 2.18 bits per heavy atom. The first-order valence-corrected chi connectivity index (χ1v) is 5.29. The van der Waals surface area contributed by atoms with E-state index < -0.39 is 5.82 Å². The van der Waals surface area contributed by atoms with Gasteiger partial charge in [0.05, 0.1) is 11.4 Å². The van der Waals surface area contributed by atoms with Gasteiger partial charge < -0.3 is 10.4 Å². The number of aryl methyl sites for hydroxylation is 1. The number of hydrogen-bond donors (Lipinski definition) is 2. The fourth-order valence-electron chi connectivity index (χ4n) is 1.60. The van der Waals surface area contributed by atoms with Crippen LogP contribution in [0.3, 0.4) is 0 Å². The van der Waals surface area contributed by atoms with E-state index in [1.807, 2.05) is 19.1 Å². The highest BCUT2D eigenvalue weighted by molar-refractivity contribution is 5.47. The second kappa shape index (κ2) is 4.82. The van der Waals surface area contributed by atoms with Crippen molar-refractivity contribution < 1.29 is 9.50 Å². The lowest BCUT2D eigenvalue weighted by atomic mass is 10.2. The summed E-state index contributed by atoms with van der Waals surface area (Å²) in [6, 6.07) is 7.74. The summed E-state index contributed by atoms with van der Waals surface area (Å²) in [5, 5.41) is 12.4. The molecule has 0 atom stereocenters. The summed E-state index contributed by atoms with van der Waals surface area (Å²) >= 11 is 0. The van der Waals surface area contributed by atoms with Crippen LogP contribution in [0.15, 0.2) is 36.5 Å². The molecule has 2 rings (SSSR count). The van der Waals surface area contributed by atoms with E-state index in [2.05, 4.69) is 10.3 Å². The number of aromatic hydroxyl groups is 1. The third kappa shape index (κ3) is 2.93. The van der Waals surface area contributed by atoms with Gasteiger partial charge in [0.25, 0.3) is 0 Å². The molecule has 1 aromatic heterocycles. The Balaban J connectivity index is 2.10. The van der Waals surface area contributed by atoms with Crippen LogP contribution in [0, 0.1) is 12.7 Å². The fourth-order valence-corrected chi connectivity index (χ4v) is 1.60. The van der Waals surface area contributed by atoms with Crippen molar-refractivity contribution in [3.05, 3.63) is 53.6 Å². The van der Waals surface area contributed by atoms with Crippen molar-refractivity contribution in [3.63, 3.8) is 0 Å². The second-order valence-electron chi connectivity index (χ2n) is 3.81. The maximum atomic E-state index is 13.0. The van der Waals surface area contributed by atoms with Gasteiger partial charge in [0.15, 0.2) is 0 Å². The van der Waals surface area contributed by atoms with Crippen LogP contribution in [0.25, 0.3) is 0 Å². The SMILES string of the molecule is Cc1ncccc1NCc1cc(O)cc(F)c1. The van der Waals surface area contributed by atoms with Gasteiger partial charge in [-0.1, -0.05) is 0 Å². The molecule has 2 N–H and O–H groups in total. The van der Waals surface area contributed by atoms with Crippen LogP contribution in [-0.4, -0.2) is 10.1 Å². The van der Waals surface area contributed by atoms with Gasteiger partial charge in [0.2, 0.25) is 0 Å². The first-order chi connectivity index (χ1) is 8.15.